The van der Waals surface area contributed by atoms with Crippen LogP contribution in [0, 0.1) is 0 Å². The highest BCUT2D eigenvalue weighted by molar-refractivity contribution is 5.74. The van der Waals surface area contributed by atoms with Gasteiger partial charge in [-0.25, -0.2) is 0 Å². The van der Waals surface area contributed by atoms with Gasteiger partial charge < -0.3 is 26.2 Å². The average Bonchev–Trinajstić information content (AvgIpc) is 2.68. The number of carbonyl (C=O) groups is 1. The number of benzene rings is 1. The molecule has 0 fully saturated rings. The lowest BCUT2D eigenvalue weighted by Gasteiger charge is -2.24. The molecule has 0 aliphatic carbocycles. The predicted molar refractivity (Wildman–Crippen MR) is 105 cm³/mol. The van der Waals surface area contributed by atoms with Gasteiger partial charge in [0.15, 0.2) is 0 Å². The number of allylic oxidation sites excluding steroid dienone is 1. The summed E-state index contributed by atoms with van der Waals surface area (Å²) in [5.41, 5.74) is 7.95. The van der Waals surface area contributed by atoms with Crippen molar-refractivity contribution in [1.82, 2.24) is 0 Å². The molecule has 6 N–H and O–H groups in total. The zero-order valence-electron chi connectivity index (χ0n) is 16.0. The van der Waals surface area contributed by atoms with Crippen molar-refractivity contribution in [3.8, 4) is 0 Å². The van der Waals surface area contributed by atoms with Crippen molar-refractivity contribution in [3.05, 3.63) is 47.5 Å². The standard InChI is InChI=1S/C21H33NO5/c1-2-15-11-13-16(14-12-15)9-7-5-3-4-6-8-10-17(23)19(24)20(25)18(22)21(26)27/h6,8,11-14,17-20,23-25H,2-5,7,9-10,22H2,1H3,(H,26,27)/b8-6+. The van der Waals surface area contributed by atoms with E-state index < -0.39 is 30.3 Å². The van der Waals surface area contributed by atoms with Gasteiger partial charge >= 0.3 is 5.97 Å². The third-order valence-corrected chi connectivity index (χ3v) is 4.71. The number of carboxylic acid groups (broad SMARTS) is 1. The van der Waals surface area contributed by atoms with Crippen LogP contribution in [-0.2, 0) is 17.6 Å². The van der Waals surface area contributed by atoms with Crippen molar-refractivity contribution < 1.29 is 25.2 Å². The second-order valence-electron chi connectivity index (χ2n) is 6.89. The molecular formula is C21H33NO5. The Balaban J connectivity index is 2.16. The highest BCUT2D eigenvalue weighted by Gasteiger charge is 2.32. The largest absolute Gasteiger partial charge is 0.480 e. The monoisotopic (exact) mass is 379 g/mol. The Kier molecular flexibility index (Phi) is 10.9. The lowest BCUT2D eigenvalue weighted by Crippen LogP contribution is -2.51. The van der Waals surface area contributed by atoms with Gasteiger partial charge in [0.1, 0.15) is 18.2 Å². The molecule has 6 heteroatoms. The number of rotatable bonds is 13. The van der Waals surface area contributed by atoms with E-state index in [9.17, 15) is 20.1 Å². The smallest absolute Gasteiger partial charge is 0.323 e. The van der Waals surface area contributed by atoms with Crippen molar-refractivity contribution >= 4 is 5.97 Å². The summed E-state index contributed by atoms with van der Waals surface area (Å²) in [5.74, 6) is -1.43. The van der Waals surface area contributed by atoms with E-state index in [-0.39, 0.29) is 6.42 Å². The molecule has 0 heterocycles. The molecule has 152 valence electrons. The van der Waals surface area contributed by atoms with E-state index in [1.807, 2.05) is 6.08 Å². The van der Waals surface area contributed by atoms with Crippen LogP contribution in [-0.4, -0.2) is 50.7 Å². The maximum atomic E-state index is 10.7. The quantitative estimate of drug-likeness (QED) is 0.263. The molecule has 0 saturated carbocycles. The van der Waals surface area contributed by atoms with E-state index in [1.165, 1.54) is 11.1 Å². The van der Waals surface area contributed by atoms with Gasteiger partial charge in [-0.2, -0.15) is 0 Å². The maximum absolute atomic E-state index is 10.7. The Morgan fingerprint density at radius 1 is 1.00 bits per heavy atom. The van der Waals surface area contributed by atoms with Crippen molar-refractivity contribution in [2.24, 2.45) is 5.73 Å². The average molecular weight is 379 g/mol. The van der Waals surface area contributed by atoms with Crippen LogP contribution in [0.15, 0.2) is 36.4 Å². The minimum absolute atomic E-state index is 0.133. The molecule has 4 unspecified atom stereocenters. The third-order valence-electron chi connectivity index (χ3n) is 4.71. The SMILES string of the molecule is CCc1ccc(CCCCC/C=C/CC(O)C(O)C(O)C(N)C(=O)O)cc1. The maximum Gasteiger partial charge on any atom is 0.323 e. The lowest BCUT2D eigenvalue weighted by molar-refractivity contribution is -0.145. The van der Waals surface area contributed by atoms with Crippen molar-refractivity contribution in [2.75, 3.05) is 0 Å². The molecule has 1 rings (SSSR count). The van der Waals surface area contributed by atoms with Crippen molar-refractivity contribution in [3.63, 3.8) is 0 Å². The third kappa shape index (κ3) is 8.67. The molecular weight excluding hydrogens is 346 g/mol. The molecule has 0 amide bonds. The number of aryl methyl sites for hydroxylation is 2. The fraction of sp³-hybridized carbons (Fsp3) is 0.571. The molecule has 0 bridgehead atoms. The number of nitrogens with two attached hydrogens (primary N) is 1. The molecule has 1 aromatic rings. The molecule has 0 aliphatic heterocycles. The molecule has 4 atom stereocenters. The Labute approximate surface area is 161 Å². The first-order valence-corrected chi connectivity index (χ1v) is 9.62. The first kappa shape index (κ1) is 23.3. The van der Waals surface area contributed by atoms with Gasteiger partial charge in [-0.05, 0) is 49.7 Å². The first-order valence-electron chi connectivity index (χ1n) is 9.62. The Bertz CT molecular complexity index is 572. The second kappa shape index (κ2) is 12.6. The van der Waals surface area contributed by atoms with E-state index in [4.69, 9.17) is 10.8 Å². The number of unbranched alkanes of at least 4 members (excludes halogenated alkanes) is 3. The van der Waals surface area contributed by atoms with E-state index in [0.717, 1.165) is 38.5 Å². The first-order chi connectivity index (χ1) is 12.9. The topological polar surface area (TPSA) is 124 Å². The Morgan fingerprint density at radius 3 is 2.22 bits per heavy atom. The van der Waals surface area contributed by atoms with Gasteiger partial charge in [0.05, 0.1) is 6.10 Å². The summed E-state index contributed by atoms with van der Waals surface area (Å²) < 4.78 is 0. The van der Waals surface area contributed by atoms with Crippen LogP contribution >= 0.6 is 0 Å². The number of aliphatic carboxylic acids is 1. The molecule has 6 nitrogen and oxygen atoms in total. The Morgan fingerprint density at radius 2 is 1.63 bits per heavy atom. The number of hydrogen-bond acceptors (Lipinski definition) is 5. The molecule has 1 aromatic carbocycles. The number of carboxylic acids is 1. The van der Waals surface area contributed by atoms with Gasteiger partial charge in [0.25, 0.3) is 0 Å². The zero-order chi connectivity index (χ0) is 20.2. The van der Waals surface area contributed by atoms with Gasteiger partial charge in [0.2, 0.25) is 0 Å². The van der Waals surface area contributed by atoms with Crippen LogP contribution in [0.2, 0.25) is 0 Å². The second-order valence-corrected chi connectivity index (χ2v) is 6.89. The van der Waals surface area contributed by atoms with Crippen molar-refractivity contribution in [2.45, 2.75) is 76.2 Å². The van der Waals surface area contributed by atoms with Crippen molar-refractivity contribution in [1.29, 1.82) is 0 Å². The van der Waals surface area contributed by atoms with E-state index in [0.29, 0.717) is 0 Å². The molecule has 0 aromatic heterocycles. The molecule has 0 spiro atoms. The van der Waals surface area contributed by atoms with Gasteiger partial charge in [0, 0.05) is 0 Å². The van der Waals surface area contributed by atoms with Crippen LogP contribution in [0.5, 0.6) is 0 Å². The number of hydrogen-bond donors (Lipinski definition) is 5. The summed E-state index contributed by atoms with van der Waals surface area (Å²) >= 11 is 0. The highest BCUT2D eigenvalue weighted by Crippen LogP contribution is 2.11. The van der Waals surface area contributed by atoms with Crippen LogP contribution in [0.25, 0.3) is 0 Å². The summed E-state index contributed by atoms with van der Waals surface area (Å²) in [6.07, 6.45) is 5.50. The summed E-state index contributed by atoms with van der Waals surface area (Å²) in [6, 6.07) is 7.11. The minimum Gasteiger partial charge on any atom is -0.480 e. The number of aliphatic hydroxyl groups is 3. The summed E-state index contributed by atoms with van der Waals surface area (Å²) in [6.45, 7) is 2.15. The van der Waals surface area contributed by atoms with Gasteiger partial charge in [-0.15, -0.1) is 0 Å². The molecule has 27 heavy (non-hydrogen) atoms. The van der Waals surface area contributed by atoms with Crippen LogP contribution in [0.3, 0.4) is 0 Å². The van der Waals surface area contributed by atoms with Crippen LogP contribution in [0.1, 0.15) is 50.2 Å². The van der Waals surface area contributed by atoms with E-state index >= 15 is 0 Å². The molecule has 0 radical (unpaired) electrons. The zero-order valence-corrected chi connectivity index (χ0v) is 16.0. The van der Waals surface area contributed by atoms with E-state index in [2.05, 4.69) is 31.2 Å². The molecule has 0 aliphatic rings. The normalized spacial score (nSPS) is 16.2. The summed E-state index contributed by atoms with van der Waals surface area (Å²) in [4.78, 5) is 10.7. The van der Waals surface area contributed by atoms with E-state index in [1.54, 1.807) is 6.08 Å². The highest BCUT2D eigenvalue weighted by atomic mass is 16.4. The van der Waals surface area contributed by atoms with Crippen LogP contribution < -0.4 is 5.73 Å². The number of aliphatic hydroxyl groups excluding tert-OH is 3. The van der Waals surface area contributed by atoms with Gasteiger partial charge in [-0.1, -0.05) is 49.8 Å². The van der Waals surface area contributed by atoms with Crippen LogP contribution in [0.4, 0.5) is 0 Å². The fourth-order valence-corrected chi connectivity index (χ4v) is 2.79. The van der Waals surface area contributed by atoms with Gasteiger partial charge in [-0.3, -0.25) is 4.79 Å². The summed E-state index contributed by atoms with van der Waals surface area (Å²) in [5, 5.41) is 37.9. The fourth-order valence-electron chi connectivity index (χ4n) is 2.79. The Hall–Kier alpha value is -1.73. The summed E-state index contributed by atoms with van der Waals surface area (Å²) in [7, 11) is 0. The molecule has 0 saturated heterocycles. The minimum atomic E-state index is -1.71. The lowest BCUT2D eigenvalue weighted by atomic mass is 9.99. The predicted octanol–water partition coefficient (Wildman–Crippen LogP) is 1.79.